The van der Waals surface area contributed by atoms with E-state index < -0.39 is 17.8 Å². The second-order valence-corrected chi connectivity index (χ2v) is 8.97. The summed E-state index contributed by atoms with van der Waals surface area (Å²) in [7, 11) is 5.83. The Labute approximate surface area is 209 Å². The maximum atomic E-state index is 12.6. The number of rotatable bonds is 10. The van der Waals surface area contributed by atoms with Gasteiger partial charge in [-0.15, -0.1) is 21.5 Å². The van der Waals surface area contributed by atoms with Crippen molar-refractivity contribution >= 4 is 45.9 Å². The van der Waals surface area contributed by atoms with Gasteiger partial charge in [0, 0.05) is 7.05 Å². The third-order valence-corrected chi connectivity index (χ3v) is 7.05. The Hall–Kier alpha value is -3.58. The number of carbonyl (C=O) groups is 3. The van der Waals surface area contributed by atoms with Gasteiger partial charge in [-0.3, -0.25) is 4.79 Å². The third-order valence-electron chi connectivity index (χ3n) is 4.84. The molecule has 0 atom stereocenters. The number of methoxy groups -OCH3 is 3. The molecule has 13 heteroatoms. The second kappa shape index (κ2) is 11.7. The van der Waals surface area contributed by atoms with E-state index >= 15 is 0 Å². The molecule has 1 aromatic carbocycles. The van der Waals surface area contributed by atoms with Crippen molar-refractivity contribution in [3.63, 3.8) is 0 Å². The minimum absolute atomic E-state index is 0.00354. The molecule has 11 nitrogen and oxygen atoms in total. The van der Waals surface area contributed by atoms with E-state index in [1.807, 2.05) is 0 Å². The lowest BCUT2D eigenvalue weighted by molar-refractivity contribution is -0.113. The molecule has 0 saturated carbocycles. The van der Waals surface area contributed by atoms with Gasteiger partial charge in [0.05, 0.1) is 32.6 Å². The van der Waals surface area contributed by atoms with Crippen molar-refractivity contribution < 1.29 is 33.3 Å². The summed E-state index contributed by atoms with van der Waals surface area (Å²) in [5, 5.41) is 11.6. The molecule has 0 spiro atoms. The highest BCUT2D eigenvalue weighted by atomic mass is 32.2. The number of esters is 2. The third kappa shape index (κ3) is 6.11. The predicted octanol–water partition coefficient (Wildman–Crippen LogP) is 3.08. The highest BCUT2D eigenvalue weighted by Gasteiger charge is 2.27. The first-order valence-electron chi connectivity index (χ1n) is 10.2. The smallest absolute Gasteiger partial charge is 0.348 e. The summed E-state index contributed by atoms with van der Waals surface area (Å²) in [5.74, 6) is 0.302. The highest BCUT2D eigenvalue weighted by molar-refractivity contribution is 7.99. The highest BCUT2D eigenvalue weighted by Crippen LogP contribution is 2.34. The summed E-state index contributed by atoms with van der Waals surface area (Å²) >= 11 is 2.12. The number of ether oxygens (including phenoxy) is 4. The van der Waals surface area contributed by atoms with E-state index in [2.05, 4.69) is 15.5 Å². The molecule has 0 saturated heterocycles. The molecule has 0 radical (unpaired) electrons. The fourth-order valence-electron chi connectivity index (χ4n) is 2.95. The Bertz CT molecular complexity index is 1220. The average Bonchev–Trinajstić information content (AvgIpc) is 3.39. The zero-order valence-electron chi connectivity index (χ0n) is 19.7. The summed E-state index contributed by atoms with van der Waals surface area (Å²) < 4.78 is 22.1. The van der Waals surface area contributed by atoms with Crippen LogP contribution in [-0.4, -0.2) is 59.7 Å². The standard InChI is InChI=1S/C22H24N4O7S2/c1-12-17(20(28)31-4)19(35-18(12)21(29)32-5)23-16(27)11-34-22-25-24-15(26(22)2)10-33-14-8-6-13(30-3)7-9-14/h6-9H,10-11H2,1-5H3,(H,23,27). The summed E-state index contributed by atoms with van der Waals surface area (Å²) in [6, 6.07) is 7.16. The number of thiophene rings is 1. The Morgan fingerprint density at radius 1 is 1.03 bits per heavy atom. The molecule has 0 aliphatic heterocycles. The molecule has 0 fully saturated rings. The summed E-state index contributed by atoms with van der Waals surface area (Å²) in [6.45, 7) is 1.78. The zero-order valence-corrected chi connectivity index (χ0v) is 21.4. The van der Waals surface area contributed by atoms with Crippen LogP contribution in [0.3, 0.4) is 0 Å². The fourth-order valence-corrected chi connectivity index (χ4v) is 4.81. The number of hydrogen-bond acceptors (Lipinski definition) is 11. The molecule has 3 aromatic rings. The zero-order chi connectivity index (χ0) is 25.5. The van der Waals surface area contributed by atoms with Crippen LogP contribution >= 0.6 is 23.1 Å². The van der Waals surface area contributed by atoms with Crippen LogP contribution in [0.15, 0.2) is 29.4 Å². The Kier molecular flexibility index (Phi) is 8.71. The number of amides is 1. The Balaban J connectivity index is 1.62. The molecule has 3 rings (SSSR count). The van der Waals surface area contributed by atoms with Crippen LogP contribution < -0.4 is 14.8 Å². The molecule has 186 valence electrons. The first-order valence-corrected chi connectivity index (χ1v) is 12.0. The number of thioether (sulfide) groups is 1. The normalized spacial score (nSPS) is 10.5. The first-order chi connectivity index (χ1) is 16.8. The number of nitrogens with zero attached hydrogens (tertiary/aromatic N) is 3. The molecule has 1 amide bonds. The number of nitrogens with one attached hydrogen (secondary N) is 1. The Morgan fingerprint density at radius 2 is 1.69 bits per heavy atom. The van der Waals surface area contributed by atoms with Crippen LogP contribution in [0.2, 0.25) is 0 Å². The second-order valence-electron chi connectivity index (χ2n) is 7.00. The van der Waals surface area contributed by atoms with Gasteiger partial charge in [-0.2, -0.15) is 0 Å². The number of hydrogen-bond donors (Lipinski definition) is 1. The van der Waals surface area contributed by atoms with Crippen LogP contribution in [0.1, 0.15) is 31.4 Å². The van der Waals surface area contributed by atoms with Crippen LogP contribution in [0.4, 0.5) is 5.00 Å². The van der Waals surface area contributed by atoms with Crippen LogP contribution in [0, 0.1) is 6.92 Å². The van der Waals surface area contributed by atoms with Crippen molar-refractivity contribution in [1.82, 2.24) is 14.8 Å². The summed E-state index contributed by atoms with van der Waals surface area (Å²) in [4.78, 5) is 37.0. The van der Waals surface area contributed by atoms with Gasteiger partial charge in [0.1, 0.15) is 28.0 Å². The minimum atomic E-state index is -0.661. The molecule has 2 heterocycles. The van der Waals surface area contributed by atoms with Gasteiger partial charge in [-0.1, -0.05) is 11.8 Å². The van der Waals surface area contributed by atoms with Crippen LogP contribution in [0.25, 0.3) is 0 Å². The van der Waals surface area contributed by atoms with Crippen molar-refractivity contribution in [3.05, 3.63) is 46.1 Å². The molecule has 1 N–H and O–H groups in total. The van der Waals surface area contributed by atoms with Gasteiger partial charge >= 0.3 is 11.9 Å². The van der Waals surface area contributed by atoms with E-state index in [4.69, 9.17) is 18.9 Å². The van der Waals surface area contributed by atoms with Crippen molar-refractivity contribution in [2.75, 3.05) is 32.4 Å². The average molecular weight is 521 g/mol. The van der Waals surface area contributed by atoms with Crippen LogP contribution in [-0.2, 0) is 27.9 Å². The van der Waals surface area contributed by atoms with Gasteiger partial charge in [-0.25, -0.2) is 9.59 Å². The van der Waals surface area contributed by atoms with Crippen molar-refractivity contribution in [2.24, 2.45) is 7.05 Å². The van der Waals surface area contributed by atoms with E-state index in [1.165, 1.54) is 26.0 Å². The Morgan fingerprint density at radius 3 is 2.31 bits per heavy atom. The molecule has 0 unspecified atom stereocenters. The van der Waals surface area contributed by atoms with Gasteiger partial charge in [-0.05, 0) is 36.8 Å². The lowest BCUT2D eigenvalue weighted by atomic mass is 10.1. The van der Waals surface area contributed by atoms with E-state index in [-0.39, 0.29) is 27.8 Å². The summed E-state index contributed by atoms with van der Waals surface area (Å²) in [6.07, 6.45) is 0. The first kappa shape index (κ1) is 26.0. The number of benzene rings is 1. The maximum absolute atomic E-state index is 12.6. The topological polar surface area (TPSA) is 131 Å². The molecular formula is C22H24N4O7S2. The number of aromatic nitrogens is 3. The quantitative estimate of drug-likeness (QED) is 0.314. The van der Waals surface area contributed by atoms with Gasteiger partial charge in [0.2, 0.25) is 5.91 Å². The van der Waals surface area contributed by atoms with Crippen molar-refractivity contribution in [3.8, 4) is 11.5 Å². The van der Waals surface area contributed by atoms with Crippen molar-refractivity contribution in [2.45, 2.75) is 18.7 Å². The number of carbonyl (C=O) groups excluding carboxylic acids is 3. The fraction of sp³-hybridized carbons (Fsp3) is 0.318. The largest absolute Gasteiger partial charge is 0.497 e. The maximum Gasteiger partial charge on any atom is 0.348 e. The van der Waals surface area contributed by atoms with E-state index in [1.54, 1.807) is 49.9 Å². The molecular weight excluding hydrogens is 496 g/mol. The molecule has 0 aliphatic carbocycles. The van der Waals surface area contributed by atoms with Crippen molar-refractivity contribution in [1.29, 1.82) is 0 Å². The molecule has 2 aromatic heterocycles. The van der Waals surface area contributed by atoms with Crippen LogP contribution in [0.5, 0.6) is 11.5 Å². The molecule has 35 heavy (non-hydrogen) atoms. The summed E-state index contributed by atoms with van der Waals surface area (Å²) in [5.41, 5.74) is 0.499. The van der Waals surface area contributed by atoms with E-state index in [9.17, 15) is 14.4 Å². The minimum Gasteiger partial charge on any atom is -0.497 e. The van der Waals surface area contributed by atoms with Gasteiger partial charge in [0.25, 0.3) is 0 Å². The lowest BCUT2D eigenvalue weighted by Gasteiger charge is -2.08. The predicted molar refractivity (Wildman–Crippen MR) is 129 cm³/mol. The molecule has 0 bridgehead atoms. The van der Waals surface area contributed by atoms with E-state index in [0.717, 1.165) is 17.1 Å². The SMILES string of the molecule is COC(=O)c1sc(NC(=O)CSc2nnc(COc3ccc(OC)cc3)n2C)c(C(=O)OC)c1C. The monoisotopic (exact) mass is 520 g/mol. The number of anilines is 1. The van der Waals surface area contributed by atoms with Gasteiger partial charge < -0.3 is 28.8 Å². The van der Waals surface area contributed by atoms with Gasteiger partial charge in [0.15, 0.2) is 11.0 Å². The lowest BCUT2D eigenvalue weighted by Crippen LogP contribution is -2.16. The molecule has 0 aliphatic rings. The van der Waals surface area contributed by atoms with E-state index in [0.29, 0.717) is 22.3 Å².